The molecule has 0 saturated carbocycles. The zero-order valence-corrected chi connectivity index (χ0v) is 18.3. The summed E-state index contributed by atoms with van der Waals surface area (Å²) < 4.78 is 27.6. The van der Waals surface area contributed by atoms with Gasteiger partial charge >= 0.3 is 11.6 Å². The Morgan fingerprint density at radius 1 is 0.912 bits per heavy atom. The van der Waals surface area contributed by atoms with Crippen LogP contribution < -0.4 is 15.1 Å². The number of carbonyl (C=O) groups is 1. The number of rotatable bonds is 7. The molecule has 170 valence electrons. The van der Waals surface area contributed by atoms with Crippen molar-refractivity contribution in [1.82, 2.24) is 0 Å². The molecule has 2 aromatic heterocycles. The number of ether oxygens (including phenoxy) is 3. The van der Waals surface area contributed by atoms with E-state index in [-0.39, 0.29) is 13.2 Å². The average molecular weight is 456 g/mol. The number of esters is 1. The maximum atomic E-state index is 12.2. The van der Waals surface area contributed by atoms with Gasteiger partial charge in [-0.05, 0) is 35.9 Å². The standard InChI is InChI=1S/C27H20O7/c1-30-23-9-5-8-18-12-24(34-27(18)23)21-14-25(28)33-22-11-10-19(13-20(21)22)31-16-26(29)32-15-17-6-3-2-4-7-17/h2-14H,15-16H2,1H3. The fraction of sp³-hybridized carbons (Fsp3) is 0.111. The highest BCUT2D eigenvalue weighted by Crippen LogP contribution is 2.36. The van der Waals surface area contributed by atoms with E-state index in [0.717, 1.165) is 10.9 Å². The lowest BCUT2D eigenvalue weighted by Crippen LogP contribution is -2.14. The van der Waals surface area contributed by atoms with E-state index in [1.54, 1.807) is 31.4 Å². The highest BCUT2D eigenvalue weighted by molar-refractivity contribution is 5.96. The van der Waals surface area contributed by atoms with Gasteiger partial charge in [0, 0.05) is 22.4 Å². The van der Waals surface area contributed by atoms with Crippen LogP contribution in [0.1, 0.15) is 5.56 Å². The van der Waals surface area contributed by atoms with Crippen LogP contribution in [0.3, 0.4) is 0 Å². The first-order chi connectivity index (χ1) is 16.6. The van der Waals surface area contributed by atoms with Gasteiger partial charge < -0.3 is 23.0 Å². The second-order valence-electron chi connectivity index (χ2n) is 7.56. The predicted molar refractivity (Wildman–Crippen MR) is 126 cm³/mol. The molecule has 5 aromatic rings. The molecule has 7 nitrogen and oxygen atoms in total. The van der Waals surface area contributed by atoms with Crippen molar-refractivity contribution in [3.8, 4) is 22.8 Å². The second-order valence-corrected chi connectivity index (χ2v) is 7.56. The zero-order valence-electron chi connectivity index (χ0n) is 18.3. The third-order valence-electron chi connectivity index (χ3n) is 5.31. The fourth-order valence-corrected chi connectivity index (χ4v) is 3.69. The molecule has 0 bridgehead atoms. The number of furan rings is 1. The molecule has 5 rings (SSSR count). The van der Waals surface area contributed by atoms with E-state index in [9.17, 15) is 9.59 Å². The highest BCUT2D eigenvalue weighted by atomic mass is 16.6. The molecule has 0 N–H and O–H groups in total. The summed E-state index contributed by atoms with van der Waals surface area (Å²) in [5.74, 6) is 1.01. The topological polar surface area (TPSA) is 88.1 Å². The number of carbonyl (C=O) groups excluding carboxylic acids is 1. The Morgan fingerprint density at radius 2 is 1.76 bits per heavy atom. The van der Waals surface area contributed by atoms with Crippen molar-refractivity contribution in [3.63, 3.8) is 0 Å². The van der Waals surface area contributed by atoms with Crippen LogP contribution >= 0.6 is 0 Å². The van der Waals surface area contributed by atoms with E-state index in [0.29, 0.717) is 39.4 Å². The van der Waals surface area contributed by atoms with E-state index in [4.69, 9.17) is 23.0 Å². The number of methoxy groups -OCH3 is 1. The first-order valence-electron chi connectivity index (χ1n) is 10.6. The molecule has 0 radical (unpaired) electrons. The smallest absolute Gasteiger partial charge is 0.344 e. The molecule has 2 heterocycles. The number of fused-ring (bicyclic) bond motifs is 2. The number of hydrogen-bond acceptors (Lipinski definition) is 7. The van der Waals surface area contributed by atoms with Crippen molar-refractivity contribution in [1.29, 1.82) is 0 Å². The summed E-state index contributed by atoms with van der Waals surface area (Å²) in [6.07, 6.45) is 0. The van der Waals surface area contributed by atoms with Crippen molar-refractivity contribution in [2.24, 2.45) is 0 Å². The minimum atomic E-state index is -0.506. The van der Waals surface area contributed by atoms with Gasteiger partial charge in [0.1, 0.15) is 23.7 Å². The molecular weight excluding hydrogens is 436 g/mol. The molecule has 0 atom stereocenters. The Balaban J connectivity index is 1.41. The Labute approximate surface area is 194 Å². The van der Waals surface area contributed by atoms with E-state index in [2.05, 4.69) is 0 Å². The van der Waals surface area contributed by atoms with Crippen molar-refractivity contribution >= 4 is 27.9 Å². The molecular formula is C27H20O7. The molecule has 0 saturated heterocycles. The van der Waals surface area contributed by atoms with Gasteiger partial charge in [-0.1, -0.05) is 42.5 Å². The predicted octanol–water partition coefficient (Wildman–Crippen LogP) is 5.34. The van der Waals surface area contributed by atoms with Crippen LogP contribution in [0.5, 0.6) is 11.5 Å². The second kappa shape index (κ2) is 9.15. The molecule has 0 amide bonds. The lowest BCUT2D eigenvalue weighted by molar-refractivity contribution is -0.147. The van der Waals surface area contributed by atoms with E-state index in [1.807, 2.05) is 48.5 Å². The molecule has 7 heteroatoms. The normalized spacial score (nSPS) is 11.0. The summed E-state index contributed by atoms with van der Waals surface area (Å²) >= 11 is 0. The molecule has 0 fully saturated rings. The number of hydrogen-bond donors (Lipinski definition) is 0. The van der Waals surface area contributed by atoms with Crippen LogP contribution in [0.2, 0.25) is 0 Å². The van der Waals surface area contributed by atoms with Gasteiger partial charge in [0.05, 0.1) is 7.11 Å². The molecule has 0 aliphatic rings. The average Bonchev–Trinajstić information content (AvgIpc) is 3.31. The molecule has 3 aromatic carbocycles. The van der Waals surface area contributed by atoms with Crippen molar-refractivity contribution < 1.29 is 27.8 Å². The van der Waals surface area contributed by atoms with E-state index < -0.39 is 11.6 Å². The summed E-state index contributed by atoms with van der Waals surface area (Å²) in [5, 5.41) is 1.44. The maximum absolute atomic E-state index is 12.2. The Kier molecular flexibility index (Phi) is 5.74. The Bertz CT molecular complexity index is 1530. The first-order valence-corrected chi connectivity index (χ1v) is 10.6. The molecule has 0 aliphatic carbocycles. The lowest BCUT2D eigenvalue weighted by atomic mass is 10.1. The third-order valence-corrected chi connectivity index (χ3v) is 5.31. The third kappa shape index (κ3) is 4.36. The maximum Gasteiger partial charge on any atom is 0.344 e. The number of para-hydroxylation sites is 1. The van der Waals surface area contributed by atoms with Gasteiger partial charge in [0.25, 0.3) is 0 Å². The summed E-state index contributed by atoms with van der Waals surface area (Å²) in [6, 6.07) is 23.1. The van der Waals surface area contributed by atoms with E-state index in [1.165, 1.54) is 6.07 Å². The number of benzene rings is 3. The van der Waals surface area contributed by atoms with Gasteiger partial charge in [-0.15, -0.1) is 0 Å². The van der Waals surface area contributed by atoms with Gasteiger partial charge in [-0.25, -0.2) is 9.59 Å². The molecule has 0 spiro atoms. The summed E-state index contributed by atoms with van der Waals surface area (Å²) in [7, 11) is 1.57. The van der Waals surface area contributed by atoms with Gasteiger partial charge in [0.15, 0.2) is 17.9 Å². The molecule has 34 heavy (non-hydrogen) atoms. The SMILES string of the molecule is COc1cccc2cc(-c3cc(=O)oc4ccc(OCC(=O)OCc5ccccc5)cc34)oc12. The lowest BCUT2D eigenvalue weighted by Gasteiger charge is -2.09. The summed E-state index contributed by atoms with van der Waals surface area (Å²) in [5.41, 5.74) is 1.88. The largest absolute Gasteiger partial charge is 0.493 e. The van der Waals surface area contributed by atoms with Gasteiger partial charge in [0.2, 0.25) is 0 Å². The summed E-state index contributed by atoms with van der Waals surface area (Å²) in [6.45, 7) is -0.0855. The monoisotopic (exact) mass is 456 g/mol. The minimum absolute atomic E-state index is 0.172. The molecule has 0 aliphatic heterocycles. The van der Waals surface area contributed by atoms with Crippen molar-refractivity contribution in [2.75, 3.05) is 13.7 Å². The van der Waals surface area contributed by atoms with Crippen molar-refractivity contribution in [2.45, 2.75) is 6.61 Å². The highest BCUT2D eigenvalue weighted by Gasteiger charge is 2.16. The van der Waals surface area contributed by atoms with Crippen molar-refractivity contribution in [3.05, 3.63) is 94.8 Å². The van der Waals surface area contributed by atoms with Crippen LogP contribution in [0, 0.1) is 0 Å². The Morgan fingerprint density at radius 3 is 2.59 bits per heavy atom. The van der Waals surface area contributed by atoms with Gasteiger partial charge in [-0.3, -0.25) is 0 Å². The van der Waals surface area contributed by atoms with Crippen LogP contribution in [-0.2, 0) is 16.1 Å². The molecule has 0 unspecified atom stereocenters. The minimum Gasteiger partial charge on any atom is -0.493 e. The zero-order chi connectivity index (χ0) is 23.5. The first kappa shape index (κ1) is 21.3. The fourth-order valence-electron chi connectivity index (χ4n) is 3.69. The Hall–Kier alpha value is -4.52. The van der Waals surface area contributed by atoms with Crippen LogP contribution in [-0.4, -0.2) is 19.7 Å². The summed E-state index contributed by atoms with van der Waals surface area (Å²) in [4.78, 5) is 24.3. The quantitative estimate of drug-likeness (QED) is 0.241. The van der Waals surface area contributed by atoms with Crippen LogP contribution in [0.25, 0.3) is 33.3 Å². The van der Waals surface area contributed by atoms with Gasteiger partial charge in [-0.2, -0.15) is 0 Å². The van der Waals surface area contributed by atoms with E-state index >= 15 is 0 Å². The van der Waals surface area contributed by atoms with Crippen LogP contribution in [0.15, 0.2) is 92.5 Å². The van der Waals surface area contributed by atoms with Crippen LogP contribution in [0.4, 0.5) is 0 Å².